The lowest BCUT2D eigenvalue weighted by Gasteiger charge is -2.15. The number of aromatic nitrogens is 2. The molecule has 2 aromatic rings. The maximum absolute atomic E-state index is 10.8. The van der Waals surface area contributed by atoms with Gasteiger partial charge in [-0.3, -0.25) is 14.8 Å². The maximum atomic E-state index is 10.8. The van der Waals surface area contributed by atoms with Crippen LogP contribution in [-0.4, -0.2) is 14.7 Å². The van der Waals surface area contributed by atoms with Crippen molar-refractivity contribution in [1.29, 1.82) is 0 Å². The molecule has 1 heterocycles. The van der Waals surface area contributed by atoms with Crippen LogP contribution in [0.3, 0.4) is 0 Å². The van der Waals surface area contributed by atoms with Gasteiger partial charge in [0.05, 0.1) is 27.9 Å². The first-order valence-corrected chi connectivity index (χ1v) is 6.46. The lowest BCUT2D eigenvalue weighted by Crippen LogP contribution is -2.07. The lowest BCUT2D eigenvalue weighted by molar-refractivity contribution is -0.385. The predicted octanol–water partition coefficient (Wildman–Crippen LogP) is 3.46. The minimum Gasteiger partial charge on any atom is -0.377 e. The highest BCUT2D eigenvalue weighted by molar-refractivity contribution is 6.33. The van der Waals surface area contributed by atoms with E-state index in [0.29, 0.717) is 16.3 Å². The summed E-state index contributed by atoms with van der Waals surface area (Å²) in [4.78, 5) is 10.4. The third kappa shape index (κ3) is 2.91. The second-order valence-electron chi connectivity index (χ2n) is 4.69. The maximum Gasteiger partial charge on any atom is 0.273 e. The second kappa shape index (κ2) is 5.50. The largest absolute Gasteiger partial charge is 0.377 e. The van der Waals surface area contributed by atoms with Crippen LogP contribution < -0.4 is 5.32 Å². The summed E-state index contributed by atoms with van der Waals surface area (Å²) in [6.07, 6.45) is 3.67. The molecule has 7 heteroatoms. The van der Waals surface area contributed by atoms with E-state index in [9.17, 15) is 10.1 Å². The molecule has 0 saturated carbocycles. The smallest absolute Gasteiger partial charge is 0.273 e. The number of nitrogens with zero attached hydrogens (tertiary/aromatic N) is 3. The van der Waals surface area contributed by atoms with Crippen molar-refractivity contribution < 1.29 is 4.92 Å². The van der Waals surface area contributed by atoms with Gasteiger partial charge in [0.25, 0.3) is 5.69 Å². The number of rotatable bonds is 4. The Balaban J connectivity index is 2.25. The number of aryl methyl sites for hydroxylation is 2. The van der Waals surface area contributed by atoms with E-state index in [-0.39, 0.29) is 11.7 Å². The lowest BCUT2D eigenvalue weighted by atomic mass is 10.1. The van der Waals surface area contributed by atoms with E-state index in [4.69, 9.17) is 11.6 Å². The summed E-state index contributed by atoms with van der Waals surface area (Å²) in [6.45, 7) is 3.67. The van der Waals surface area contributed by atoms with Crippen molar-refractivity contribution in [2.45, 2.75) is 19.9 Å². The monoisotopic (exact) mass is 294 g/mol. The number of nitro groups is 1. The van der Waals surface area contributed by atoms with Crippen LogP contribution in [0.25, 0.3) is 0 Å². The molecule has 0 aliphatic rings. The first-order chi connectivity index (χ1) is 9.38. The average Bonchev–Trinajstić information content (AvgIpc) is 2.79. The molecule has 0 spiro atoms. The molecule has 0 aliphatic heterocycles. The van der Waals surface area contributed by atoms with E-state index in [2.05, 4.69) is 10.4 Å². The Morgan fingerprint density at radius 1 is 1.50 bits per heavy atom. The summed E-state index contributed by atoms with van der Waals surface area (Å²) in [5, 5.41) is 18.5. The SMILES string of the molecule is Cc1cc(NC(C)c2cnn(C)c2)c(Cl)cc1[N+](=O)[O-]. The van der Waals surface area contributed by atoms with Crippen molar-refractivity contribution in [3.8, 4) is 0 Å². The van der Waals surface area contributed by atoms with Gasteiger partial charge in [-0.1, -0.05) is 11.6 Å². The van der Waals surface area contributed by atoms with Gasteiger partial charge in [0, 0.05) is 30.4 Å². The highest BCUT2D eigenvalue weighted by Crippen LogP contribution is 2.32. The van der Waals surface area contributed by atoms with Gasteiger partial charge in [-0.2, -0.15) is 5.10 Å². The summed E-state index contributed by atoms with van der Waals surface area (Å²) < 4.78 is 1.72. The van der Waals surface area contributed by atoms with Crippen LogP contribution in [0.4, 0.5) is 11.4 Å². The average molecular weight is 295 g/mol. The molecule has 1 N–H and O–H groups in total. The Kier molecular flexibility index (Phi) is 3.94. The third-order valence-corrected chi connectivity index (χ3v) is 3.39. The van der Waals surface area contributed by atoms with Crippen molar-refractivity contribution in [3.63, 3.8) is 0 Å². The molecule has 20 heavy (non-hydrogen) atoms. The zero-order chi connectivity index (χ0) is 14.9. The van der Waals surface area contributed by atoms with Crippen molar-refractivity contribution in [3.05, 3.63) is 50.8 Å². The third-order valence-electron chi connectivity index (χ3n) is 3.08. The van der Waals surface area contributed by atoms with Crippen molar-refractivity contribution in [2.75, 3.05) is 5.32 Å². The van der Waals surface area contributed by atoms with Gasteiger partial charge in [-0.15, -0.1) is 0 Å². The molecule has 0 amide bonds. The number of hydrogen-bond acceptors (Lipinski definition) is 4. The fourth-order valence-corrected chi connectivity index (χ4v) is 2.17. The summed E-state index contributed by atoms with van der Waals surface area (Å²) in [6, 6.07) is 3.06. The van der Waals surface area contributed by atoms with Crippen molar-refractivity contribution in [2.24, 2.45) is 7.05 Å². The molecule has 1 aromatic carbocycles. The molecule has 1 atom stereocenters. The number of nitro benzene ring substituents is 1. The molecule has 6 nitrogen and oxygen atoms in total. The number of halogens is 1. The van der Waals surface area contributed by atoms with Gasteiger partial charge >= 0.3 is 0 Å². The minimum absolute atomic E-state index is 0.00190. The van der Waals surface area contributed by atoms with Crippen LogP contribution in [0.2, 0.25) is 5.02 Å². The second-order valence-corrected chi connectivity index (χ2v) is 5.10. The first-order valence-electron chi connectivity index (χ1n) is 6.08. The van der Waals surface area contributed by atoms with E-state index in [1.54, 1.807) is 23.9 Å². The normalized spacial score (nSPS) is 12.2. The Hall–Kier alpha value is -2.08. The van der Waals surface area contributed by atoms with Crippen molar-refractivity contribution in [1.82, 2.24) is 9.78 Å². The number of anilines is 1. The van der Waals surface area contributed by atoms with Gasteiger partial charge in [-0.05, 0) is 19.9 Å². The molecule has 2 rings (SSSR count). The van der Waals surface area contributed by atoms with Crippen LogP contribution in [0.5, 0.6) is 0 Å². The summed E-state index contributed by atoms with van der Waals surface area (Å²) in [7, 11) is 1.85. The molecule has 0 saturated heterocycles. The van der Waals surface area contributed by atoms with Crippen LogP contribution in [0.1, 0.15) is 24.1 Å². The quantitative estimate of drug-likeness (QED) is 0.692. The fraction of sp³-hybridized carbons (Fsp3) is 0.308. The molecule has 1 unspecified atom stereocenters. The van der Waals surface area contributed by atoms with Gasteiger partial charge in [0.2, 0.25) is 0 Å². The molecule has 106 valence electrons. The number of hydrogen-bond donors (Lipinski definition) is 1. The molecule has 0 aliphatic carbocycles. The van der Waals surface area contributed by atoms with Gasteiger partial charge in [0.1, 0.15) is 0 Å². The van der Waals surface area contributed by atoms with E-state index >= 15 is 0 Å². The zero-order valence-electron chi connectivity index (χ0n) is 11.4. The highest BCUT2D eigenvalue weighted by atomic mass is 35.5. The highest BCUT2D eigenvalue weighted by Gasteiger charge is 2.16. The Morgan fingerprint density at radius 3 is 2.75 bits per heavy atom. The number of nitrogens with one attached hydrogen (secondary N) is 1. The topological polar surface area (TPSA) is 73.0 Å². The van der Waals surface area contributed by atoms with Crippen LogP contribution in [0.15, 0.2) is 24.5 Å². The van der Waals surface area contributed by atoms with Crippen LogP contribution in [0, 0.1) is 17.0 Å². The van der Waals surface area contributed by atoms with Gasteiger partial charge in [0.15, 0.2) is 0 Å². The van der Waals surface area contributed by atoms with E-state index in [1.807, 2.05) is 20.2 Å². The number of benzene rings is 1. The zero-order valence-corrected chi connectivity index (χ0v) is 12.2. The Labute approximate surface area is 121 Å². The van der Waals surface area contributed by atoms with E-state index in [0.717, 1.165) is 5.56 Å². The van der Waals surface area contributed by atoms with Crippen molar-refractivity contribution >= 4 is 23.0 Å². The summed E-state index contributed by atoms with van der Waals surface area (Å²) >= 11 is 6.09. The van der Waals surface area contributed by atoms with E-state index in [1.165, 1.54) is 6.07 Å². The summed E-state index contributed by atoms with van der Waals surface area (Å²) in [5.41, 5.74) is 2.28. The standard InChI is InChI=1S/C13H15ClN4O2/c1-8-4-12(11(14)5-13(8)18(19)20)16-9(2)10-6-15-17(3)7-10/h4-7,9,16H,1-3H3. The molecular weight excluding hydrogens is 280 g/mol. The first kappa shape index (κ1) is 14.3. The Morgan fingerprint density at radius 2 is 2.20 bits per heavy atom. The Bertz CT molecular complexity index is 654. The van der Waals surface area contributed by atoms with E-state index < -0.39 is 4.92 Å². The van der Waals surface area contributed by atoms with Gasteiger partial charge < -0.3 is 5.32 Å². The minimum atomic E-state index is -0.435. The summed E-state index contributed by atoms with van der Waals surface area (Å²) in [5.74, 6) is 0. The van der Waals surface area contributed by atoms with Gasteiger partial charge in [-0.25, -0.2) is 0 Å². The van der Waals surface area contributed by atoms with Crippen LogP contribution >= 0.6 is 11.6 Å². The molecular formula is C13H15ClN4O2. The molecule has 1 aromatic heterocycles. The molecule has 0 fully saturated rings. The van der Waals surface area contributed by atoms with Crippen LogP contribution in [-0.2, 0) is 7.05 Å². The molecule has 0 bridgehead atoms. The fourth-order valence-electron chi connectivity index (χ4n) is 1.96. The molecule has 0 radical (unpaired) electrons. The predicted molar refractivity (Wildman–Crippen MR) is 78.1 cm³/mol.